The third-order valence-corrected chi connectivity index (χ3v) is 2.44. The van der Waals surface area contributed by atoms with Gasteiger partial charge in [0.05, 0.1) is 0 Å². The maximum absolute atomic E-state index is 13.7. The van der Waals surface area contributed by atoms with Gasteiger partial charge in [0.1, 0.15) is 0 Å². The zero-order chi connectivity index (χ0) is 13.4. The molecule has 1 rings (SSSR count). The minimum atomic E-state index is -3.48. The molecular formula is C13H19ClF2N2O. The Kier molecular flexibility index (Phi) is 8.27. The topological polar surface area (TPSA) is 41.1 Å². The molecule has 0 saturated heterocycles. The second kappa shape index (κ2) is 8.82. The van der Waals surface area contributed by atoms with Crippen LogP contribution in [0.15, 0.2) is 30.3 Å². The van der Waals surface area contributed by atoms with E-state index in [1.54, 1.807) is 6.07 Å². The SMILES string of the molecule is CCCNCCNC(=O)C(F)(F)c1ccccc1.Cl. The number of amides is 1. The van der Waals surface area contributed by atoms with Gasteiger partial charge in [-0.05, 0) is 13.0 Å². The van der Waals surface area contributed by atoms with Crippen LogP contribution in [0.5, 0.6) is 0 Å². The van der Waals surface area contributed by atoms with Crippen LogP contribution in [0.1, 0.15) is 18.9 Å². The summed E-state index contributed by atoms with van der Waals surface area (Å²) in [4.78, 5) is 11.4. The summed E-state index contributed by atoms with van der Waals surface area (Å²) in [5.74, 6) is -4.74. The van der Waals surface area contributed by atoms with Crippen LogP contribution in [0.2, 0.25) is 0 Å². The van der Waals surface area contributed by atoms with Crippen molar-refractivity contribution in [2.75, 3.05) is 19.6 Å². The molecule has 108 valence electrons. The average molecular weight is 293 g/mol. The smallest absolute Gasteiger partial charge is 0.349 e. The van der Waals surface area contributed by atoms with Crippen molar-refractivity contribution < 1.29 is 13.6 Å². The van der Waals surface area contributed by atoms with E-state index in [-0.39, 0.29) is 24.5 Å². The number of rotatable bonds is 7. The maximum atomic E-state index is 13.7. The van der Waals surface area contributed by atoms with Crippen LogP contribution < -0.4 is 10.6 Å². The van der Waals surface area contributed by atoms with Crippen LogP contribution >= 0.6 is 12.4 Å². The highest BCUT2D eigenvalue weighted by Crippen LogP contribution is 2.27. The molecule has 0 fully saturated rings. The lowest BCUT2D eigenvalue weighted by Crippen LogP contribution is -2.41. The van der Waals surface area contributed by atoms with E-state index in [0.717, 1.165) is 13.0 Å². The summed E-state index contributed by atoms with van der Waals surface area (Å²) in [7, 11) is 0. The van der Waals surface area contributed by atoms with Crippen LogP contribution in [0.3, 0.4) is 0 Å². The molecule has 0 aliphatic heterocycles. The number of benzene rings is 1. The van der Waals surface area contributed by atoms with Gasteiger partial charge >= 0.3 is 5.92 Å². The Morgan fingerprint density at radius 3 is 2.37 bits per heavy atom. The van der Waals surface area contributed by atoms with Gasteiger partial charge in [-0.15, -0.1) is 12.4 Å². The van der Waals surface area contributed by atoms with Gasteiger partial charge < -0.3 is 10.6 Å². The summed E-state index contributed by atoms with van der Waals surface area (Å²) in [6.45, 7) is 3.51. The highest BCUT2D eigenvalue weighted by atomic mass is 35.5. The molecule has 0 radical (unpaired) electrons. The number of nitrogens with one attached hydrogen (secondary N) is 2. The summed E-state index contributed by atoms with van der Waals surface area (Å²) >= 11 is 0. The molecule has 3 nitrogen and oxygen atoms in total. The standard InChI is InChI=1S/C13H18F2N2O.ClH/c1-2-8-16-9-10-17-12(18)13(14,15)11-6-4-3-5-7-11;/h3-7,16H,2,8-10H2,1H3,(H,17,18);1H. The van der Waals surface area contributed by atoms with Gasteiger partial charge in [-0.2, -0.15) is 8.78 Å². The van der Waals surface area contributed by atoms with E-state index in [0.29, 0.717) is 6.54 Å². The molecule has 0 bridgehead atoms. The van der Waals surface area contributed by atoms with E-state index in [2.05, 4.69) is 10.6 Å². The van der Waals surface area contributed by atoms with Crippen molar-refractivity contribution in [2.24, 2.45) is 0 Å². The van der Waals surface area contributed by atoms with Crippen LogP contribution in [0.25, 0.3) is 0 Å². The molecule has 0 atom stereocenters. The minimum Gasteiger partial charge on any atom is -0.349 e. The molecule has 0 heterocycles. The van der Waals surface area contributed by atoms with Crippen molar-refractivity contribution in [1.82, 2.24) is 10.6 Å². The molecule has 19 heavy (non-hydrogen) atoms. The number of carbonyl (C=O) groups excluding carboxylic acids is 1. The van der Waals surface area contributed by atoms with E-state index < -0.39 is 11.8 Å². The minimum absolute atomic E-state index is 0. The Balaban J connectivity index is 0.00000324. The van der Waals surface area contributed by atoms with Crippen molar-refractivity contribution in [2.45, 2.75) is 19.3 Å². The van der Waals surface area contributed by atoms with Gasteiger partial charge in [-0.3, -0.25) is 4.79 Å². The number of carbonyl (C=O) groups is 1. The summed E-state index contributed by atoms with van der Waals surface area (Å²) in [6, 6.07) is 7.09. The van der Waals surface area contributed by atoms with E-state index in [9.17, 15) is 13.6 Å². The summed E-state index contributed by atoms with van der Waals surface area (Å²) in [5.41, 5.74) is -0.288. The Hall–Kier alpha value is -1.20. The normalized spacial score (nSPS) is 10.7. The van der Waals surface area contributed by atoms with Crippen molar-refractivity contribution in [1.29, 1.82) is 0 Å². The number of halogens is 3. The van der Waals surface area contributed by atoms with E-state index in [1.165, 1.54) is 24.3 Å². The third kappa shape index (κ3) is 5.53. The first-order chi connectivity index (χ1) is 8.59. The lowest BCUT2D eigenvalue weighted by Gasteiger charge is -2.16. The summed E-state index contributed by atoms with van der Waals surface area (Å²) < 4.78 is 27.4. The van der Waals surface area contributed by atoms with Crippen LogP contribution in [-0.4, -0.2) is 25.5 Å². The Morgan fingerprint density at radius 1 is 1.16 bits per heavy atom. The predicted octanol–water partition coefficient (Wildman–Crippen LogP) is 2.32. The molecule has 0 aliphatic carbocycles. The highest BCUT2D eigenvalue weighted by Gasteiger charge is 2.40. The first-order valence-electron chi connectivity index (χ1n) is 6.01. The number of hydrogen-bond acceptors (Lipinski definition) is 2. The Morgan fingerprint density at radius 2 is 1.79 bits per heavy atom. The fraction of sp³-hybridized carbons (Fsp3) is 0.462. The van der Waals surface area contributed by atoms with E-state index in [1.807, 2.05) is 6.92 Å². The van der Waals surface area contributed by atoms with E-state index in [4.69, 9.17) is 0 Å². The van der Waals surface area contributed by atoms with E-state index >= 15 is 0 Å². The molecule has 0 aromatic heterocycles. The first kappa shape index (κ1) is 17.8. The Labute approximate surface area is 118 Å². The van der Waals surface area contributed by atoms with Gasteiger partial charge in [0, 0.05) is 18.7 Å². The third-order valence-electron chi connectivity index (χ3n) is 2.44. The van der Waals surface area contributed by atoms with Crippen LogP contribution in [-0.2, 0) is 10.7 Å². The molecule has 0 saturated carbocycles. The predicted molar refractivity (Wildman–Crippen MR) is 73.8 cm³/mol. The first-order valence-corrected chi connectivity index (χ1v) is 6.01. The number of alkyl halides is 2. The van der Waals surface area contributed by atoms with Crippen molar-refractivity contribution in [3.05, 3.63) is 35.9 Å². The van der Waals surface area contributed by atoms with Gasteiger partial charge in [0.2, 0.25) is 0 Å². The van der Waals surface area contributed by atoms with Crippen LogP contribution in [0.4, 0.5) is 8.78 Å². The Bertz CT molecular complexity index is 374. The molecular weight excluding hydrogens is 274 g/mol. The molecule has 1 amide bonds. The molecule has 2 N–H and O–H groups in total. The highest BCUT2D eigenvalue weighted by molar-refractivity contribution is 5.85. The molecule has 0 unspecified atom stereocenters. The molecule has 1 aromatic carbocycles. The van der Waals surface area contributed by atoms with Gasteiger partial charge in [0.15, 0.2) is 0 Å². The van der Waals surface area contributed by atoms with Crippen molar-refractivity contribution >= 4 is 18.3 Å². The molecule has 0 aliphatic rings. The molecule has 6 heteroatoms. The van der Waals surface area contributed by atoms with Gasteiger partial charge in [0.25, 0.3) is 5.91 Å². The largest absolute Gasteiger partial charge is 0.349 e. The summed E-state index contributed by atoms with van der Waals surface area (Å²) in [6.07, 6.45) is 0.966. The number of hydrogen-bond donors (Lipinski definition) is 2. The van der Waals surface area contributed by atoms with Gasteiger partial charge in [-0.1, -0.05) is 37.3 Å². The maximum Gasteiger partial charge on any atom is 0.349 e. The zero-order valence-electron chi connectivity index (χ0n) is 10.8. The monoisotopic (exact) mass is 292 g/mol. The van der Waals surface area contributed by atoms with Crippen molar-refractivity contribution in [3.8, 4) is 0 Å². The van der Waals surface area contributed by atoms with Gasteiger partial charge in [-0.25, -0.2) is 0 Å². The molecule has 0 spiro atoms. The zero-order valence-corrected chi connectivity index (χ0v) is 11.6. The fourth-order valence-electron chi connectivity index (χ4n) is 1.46. The quantitative estimate of drug-likeness (QED) is 0.757. The lowest BCUT2D eigenvalue weighted by molar-refractivity contribution is -0.146. The fourth-order valence-corrected chi connectivity index (χ4v) is 1.46. The van der Waals surface area contributed by atoms with Crippen molar-refractivity contribution in [3.63, 3.8) is 0 Å². The average Bonchev–Trinajstić information content (AvgIpc) is 2.39. The lowest BCUT2D eigenvalue weighted by atomic mass is 10.1. The van der Waals surface area contributed by atoms with Crippen LogP contribution in [0, 0.1) is 0 Å². The second-order valence-corrected chi connectivity index (χ2v) is 3.95. The summed E-state index contributed by atoms with van der Waals surface area (Å²) in [5, 5.41) is 5.25. The molecule has 1 aromatic rings. The second-order valence-electron chi connectivity index (χ2n) is 3.95.